The summed E-state index contributed by atoms with van der Waals surface area (Å²) in [6.07, 6.45) is 0.883. The lowest BCUT2D eigenvalue weighted by Gasteiger charge is -2.11. The number of nitrogens with one attached hydrogen (secondary N) is 3. The largest absolute Gasteiger partial charge is 0.357 e. The van der Waals surface area contributed by atoms with Gasteiger partial charge in [0, 0.05) is 30.2 Å². The zero-order valence-electron chi connectivity index (χ0n) is 16.3. The van der Waals surface area contributed by atoms with Crippen LogP contribution in [0.15, 0.2) is 53.5 Å². The molecular formula is C21H28ClIN4O. The molecule has 28 heavy (non-hydrogen) atoms. The second kappa shape index (κ2) is 13.4. The molecule has 0 aliphatic heterocycles. The van der Waals surface area contributed by atoms with Gasteiger partial charge >= 0.3 is 0 Å². The first kappa shape index (κ1) is 24.2. The van der Waals surface area contributed by atoms with Crippen LogP contribution in [0, 0.1) is 0 Å². The quantitative estimate of drug-likeness (QED) is 0.283. The van der Waals surface area contributed by atoms with Crippen LogP contribution in [0.5, 0.6) is 0 Å². The third kappa shape index (κ3) is 8.48. The molecule has 0 saturated carbocycles. The summed E-state index contributed by atoms with van der Waals surface area (Å²) in [6, 6.07) is 15.4. The minimum Gasteiger partial charge on any atom is -0.357 e. The number of nitrogens with zero attached hydrogens (tertiary/aromatic N) is 1. The van der Waals surface area contributed by atoms with Gasteiger partial charge in [0.05, 0.1) is 6.54 Å². The molecule has 2 aromatic carbocycles. The molecule has 1 amide bonds. The second-order valence-corrected chi connectivity index (χ2v) is 6.49. The zero-order chi connectivity index (χ0) is 19.5. The maximum atomic E-state index is 12.0. The van der Waals surface area contributed by atoms with Gasteiger partial charge < -0.3 is 16.0 Å². The molecule has 0 aromatic heterocycles. The maximum Gasteiger partial charge on any atom is 0.251 e. The number of guanidine groups is 1. The van der Waals surface area contributed by atoms with Gasteiger partial charge in [0.15, 0.2) is 5.96 Å². The molecule has 0 atom stereocenters. The van der Waals surface area contributed by atoms with E-state index in [1.165, 1.54) is 5.56 Å². The molecule has 0 fully saturated rings. The van der Waals surface area contributed by atoms with Crippen molar-refractivity contribution in [2.45, 2.75) is 26.8 Å². The number of hydrogen-bond donors (Lipinski definition) is 3. The summed E-state index contributed by atoms with van der Waals surface area (Å²) >= 11 is 5.92. The summed E-state index contributed by atoms with van der Waals surface area (Å²) in [5.74, 6) is 0.700. The Labute approximate surface area is 189 Å². The summed E-state index contributed by atoms with van der Waals surface area (Å²) in [6.45, 7) is 6.61. The number of carbonyl (C=O) groups is 1. The van der Waals surface area contributed by atoms with Crippen molar-refractivity contribution in [2.75, 3.05) is 19.6 Å². The van der Waals surface area contributed by atoms with E-state index in [9.17, 15) is 4.79 Å². The predicted octanol–water partition coefficient (Wildman–Crippen LogP) is 4.01. The summed E-state index contributed by atoms with van der Waals surface area (Å²) in [7, 11) is 0. The van der Waals surface area contributed by atoms with E-state index in [2.05, 4.69) is 20.9 Å². The maximum absolute atomic E-state index is 12.0. The Morgan fingerprint density at radius 3 is 2.36 bits per heavy atom. The highest BCUT2D eigenvalue weighted by Gasteiger charge is 2.05. The van der Waals surface area contributed by atoms with Gasteiger partial charge in [0.25, 0.3) is 5.91 Å². The normalized spacial score (nSPS) is 10.8. The van der Waals surface area contributed by atoms with Crippen LogP contribution < -0.4 is 16.0 Å². The lowest BCUT2D eigenvalue weighted by atomic mass is 10.1. The monoisotopic (exact) mass is 514 g/mol. The van der Waals surface area contributed by atoms with Crippen LogP contribution in [0.4, 0.5) is 0 Å². The minimum atomic E-state index is -0.0590. The van der Waals surface area contributed by atoms with Gasteiger partial charge in [-0.3, -0.25) is 4.79 Å². The Hall–Kier alpha value is -1.80. The molecule has 3 N–H and O–H groups in total. The van der Waals surface area contributed by atoms with Crippen LogP contribution in [0.2, 0.25) is 5.02 Å². The van der Waals surface area contributed by atoms with E-state index >= 15 is 0 Å². The lowest BCUT2D eigenvalue weighted by molar-refractivity contribution is 0.0955. The first-order valence-corrected chi connectivity index (χ1v) is 9.64. The highest BCUT2D eigenvalue weighted by atomic mass is 127. The number of aliphatic imine (C=N–C) groups is 1. The van der Waals surface area contributed by atoms with Gasteiger partial charge in [-0.25, -0.2) is 4.99 Å². The third-order valence-electron chi connectivity index (χ3n) is 3.91. The molecule has 0 unspecified atom stereocenters. The fraction of sp³-hybridized carbons (Fsp3) is 0.333. The van der Waals surface area contributed by atoms with Crippen LogP contribution >= 0.6 is 35.6 Å². The summed E-state index contributed by atoms with van der Waals surface area (Å²) in [4.78, 5) is 16.6. The molecule has 0 spiro atoms. The van der Waals surface area contributed by atoms with Gasteiger partial charge in [-0.1, -0.05) is 35.9 Å². The molecule has 5 nitrogen and oxygen atoms in total. The average molecular weight is 515 g/mol. The van der Waals surface area contributed by atoms with Crippen molar-refractivity contribution in [1.82, 2.24) is 16.0 Å². The van der Waals surface area contributed by atoms with Crippen LogP contribution in [0.1, 0.15) is 35.3 Å². The van der Waals surface area contributed by atoms with Crippen LogP contribution in [-0.4, -0.2) is 31.5 Å². The number of hydrogen-bond acceptors (Lipinski definition) is 2. The molecule has 0 saturated heterocycles. The molecule has 0 bridgehead atoms. The topological polar surface area (TPSA) is 65.5 Å². The van der Waals surface area contributed by atoms with Crippen LogP contribution in [0.3, 0.4) is 0 Å². The zero-order valence-corrected chi connectivity index (χ0v) is 19.4. The van der Waals surface area contributed by atoms with Crippen molar-refractivity contribution in [3.63, 3.8) is 0 Å². The number of carbonyl (C=O) groups excluding carboxylic acids is 1. The van der Waals surface area contributed by atoms with Crippen LogP contribution in [0.25, 0.3) is 0 Å². The predicted molar refractivity (Wildman–Crippen MR) is 128 cm³/mol. The van der Waals surface area contributed by atoms with Gasteiger partial charge in [-0.2, -0.15) is 0 Å². The number of rotatable bonds is 8. The van der Waals surface area contributed by atoms with Crippen LogP contribution in [-0.2, 0) is 13.0 Å². The fourth-order valence-corrected chi connectivity index (χ4v) is 2.69. The highest BCUT2D eigenvalue weighted by Crippen LogP contribution is 2.09. The number of amides is 1. The van der Waals surface area contributed by atoms with Gasteiger partial charge in [0.1, 0.15) is 0 Å². The minimum absolute atomic E-state index is 0. The Bertz CT molecular complexity index is 765. The van der Waals surface area contributed by atoms with Crippen molar-refractivity contribution in [3.8, 4) is 0 Å². The molecule has 0 heterocycles. The Balaban J connectivity index is 0.00000392. The van der Waals surface area contributed by atoms with E-state index in [1.54, 1.807) is 0 Å². The van der Waals surface area contributed by atoms with Gasteiger partial charge in [-0.15, -0.1) is 24.0 Å². The molecule has 152 valence electrons. The van der Waals surface area contributed by atoms with E-state index < -0.39 is 0 Å². The molecule has 2 aromatic rings. The molecular weight excluding hydrogens is 487 g/mol. The summed E-state index contributed by atoms with van der Waals surface area (Å²) in [5, 5.41) is 10.1. The van der Waals surface area contributed by atoms with Gasteiger partial charge in [0.2, 0.25) is 0 Å². The van der Waals surface area contributed by atoms with Crippen molar-refractivity contribution in [3.05, 3.63) is 70.2 Å². The van der Waals surface area contributed by atoms with E-state index in [1.807, 2.05) is 62.4 Å². The molecule has 2 rings (SSSR count). The first-order valence-electron chi connectivity index (χ1n) is 9.26. The average Bonchev–Trinajstić information content (AvgIpc) is 2.68. The smallest absolute Gasteiger partial charge is 0.251 e. The van der Waals surface area contributed by atoms with E-state index in [0.29, 0.717) is 18.7 Å². The standard InChI is InChI=1S/C21H27ClN4O.HI/c1-3-23-20(27)18-7-5-6-17(14-18)15-26-21(24-4-2)25-13-12-16-8-10-19(22)11-9-16;/h5-11,14H,3-4,12-13,15H2,1-2H3,(H,23,27)(H2,24,25,26);1H. The lowest BCUT2D eigenvalue weighted by Crippen LogP contribution is -2.38. The Morgan fingerprint density at radius 1 is 0.964 bits per heavy atom. The number of halogens is 2. The molecule has 0 aliphatic rings. The summed E-state index contributed by atoms with van der Waals surface area (Å²) in [5.41, 5.74) is 2.87. The van der Waals surface area contributed by atoms with E-state index in [-0.39, 0.29) is 29.9 Å². The van der Waals surface area contributed by atoms with E-state index in [4.69, 9.17) is 11.6 Å². The molecule has 7 heteroatoms. The van der Waals surface area contributed by atoms with Crippen molar-refractivity contribution in [1.29, 1.82) is 0 Å². The fourth-order valence-electron chi connectivity index (χ4n) is 2.56. The Kier molecular flexibility index (Phi) is 11.6. The molecule has 0 radical (unpaired) electrons. The van der Waals surface area contributed by atoms with Crippen molar-refractivity contribution < 1.29 is 4.79 Å². The van der Waals surface area contributed by atoms with Gasteiger partial charge in [-0.05, 0) is 55.7 Å². The third-order valence-corrected chi connectivity index (χ3v) is 4.16. The Morgan fingerprint density at radius 2 is 1.68 bits per heavy atom. The first-order chi connectivity index (χ1) is 13.1. The van der Waals surface area contributed by atoms with E-state index in [0.717, 1.165) is 36.1 Å². The second-order valence-electron chi connectivity index (χ2n) is 6.06. The van der Waals surface area contributed by atoms with Crippen molar-refractivity contribution in [2.24, 2.45) is 4.99 Å². The number of benzene rings is 2. The SMILES string of the molecule is CCNC(=O)c1cccc(CN=C(NCC)NCCc2ccc(Cl)cc2)c1.I. The highest BCUT2D eigenvalue weighted by molar-refractivity contribution is 14.0. The summed E-state index contributed by atoms with van der Waals surface area (Å²) < 4.78 is 0. The van der Waals surface area contributed by atoms with Crippen molar-refractivity contribution >= 4 is 47.4 Å². The molecule has 0 aliphatic carbocycles.